The molecule has 88 valence electrons. The SMILES string of the molecule is Cl.Nc1ccc(C(=O)NC2CCCC2)cc1. The number of hydrogen-bond donors (Lipinski definition) is 2. The first-order chi connectivity index (χ1) is 7.25. The molecular weight excluding hydrogens is 224 g/mol. The Morgan fingerprint density at radius 2 is 1.75 bits per heavy atom. The first kappa shape index (κ1) is 12.8. The van der Waals surface area contributed by atoms with E-state index in [-0.39, 0.29) is 18.3 Å². The van der Waals surface area contributed by atoms with Gasteiger partial charge in [-0.2, -0.15) is 0 Å². The molecule has 0 aliphatic heterocycles. The number of rotatable bonds is 2. The maximum absolute atomic E-state index is 11.8. The Labute approximate surface area is 102 Å². The van der Waals surface area contributed by atoms with Gasteiger partial charge < -0.3 is 11.1 Å². The average molecular weight is 241 g/mol. The van der Waals surface area contributed by atoms with Crippen LogP contribution in [0.4, 0.5) is 5.69 Å². The number of carbonyl (C=O) groups excluding carboxylic acids is 1. The number of carbonyl (C=O) groups is 1. The van der Waals surface area contributed by atoms with Crippen LogP contribution in [0, 0.1) is 0 Å². The molecule has 2 rings (SSSR count). The van der Waals surface area contributed by atoms with Crippen LogP contribution in [0.5, 0.6) is 0 Å². The topological polar surface area (TPSA) is 55.1 Å². The van der Waals surface area contributed by atoms with Crippen LogP contribution in [0.3, 0.4) is 0 Å². The van der Waals surface area contributed by atoms with Crippen LogP contribution in [0.1, 0.15) is 36.0 Å². The minimum absolute atomic E-state index is 0. The molecular formula is C12H17ClN2O. The van der Waals surface area contributed by atoms with Crippen LogP contribution in [0.25, 0.3) is 0 Å². The van der Waals surface area contributed by atoms with Crippen LogP contribution >= 0.6 is 12.4 Å². The lowest BCUT2D eigenvalue weighted by Gasteiger charge is -2.11. The summed E-state index contributed by atoms with van der Waals surface area (Å²) in [4.78, 5) is 11.8. The van der Waals surface area contributed by atoms with E-state index in [1.54, 1.807) is 24.3 Å². The Hall–Kier alpha value is -1.22. The third-order valence-corrected chi connectivity index (χ3v) is 2.86. The van der Waals surface area contributed by atoms with Gasteiger partial charge in [-0.05, 0) is 37.1 Å². The lowest BCUT2D eigenvalue weighted by atomic mass is 10.1. The lowest BCUT2D eigenvalue weighted by Crippen LogP contribution is -2.32. The molecule has 3 N–H and O–H groups in total. The monoisotopic (exact) mass is 240 g/mol. The maximum atomic E-state index is 11.8. The van der Waals surface area contributed by atoms with Gasteiger partial charge in [0, 0.05) is 17.3 Å². The predicted octanol–water partition coefficient (Wildman–Crippen LogP) is 2.36. The van der Waals surface area contributed by atoms with Crippen molar-refractivity contribution in [1.82, 2.24) is 5.32 Å². The molecule has 1 aliphatic rings. The number of nitrogen functional groups attached to an aromatic ring is 1. The largest absolute Gasteiger partial charge is 0.399 e. The van der Waals surface area contributed by atoms with E-state index in [4.69, 9.17) is 5.73 Å². The zero-order chi connectivity index (χ0) is 10.7. The van der Waals surface area contributed by atoms with Crippen LogP contribution in [-0.4, -0.2) is 11.9 Å². The number of amides is 1. The quantitative estimate of drug-likeness (QED) is 0.780. The molecule has 4 heteroatoms. The fourth-order valence-electron chi connectivity index (χ4n) is 1.97. The minimum Gasteiger partial charge on any atom is -0.399 e. The van der Waals surface area contributed by atoms with Crippen molar-refractivity contribution in [2.24, 2.45) is 0 Å². The summed E-state index contributed by atoms with van der Waals surface area (Å²) in [6.45, 7) is 0. The van der Waals surface area contributed by atoms with Crippen molar-refractivity contribution in [3.63, 3.8) is 0 Å². The standard InChI is InChI=1S/C12H16N2O.ClH/c13-10-7-5-9(6-8-10)12(15)14-11-3-1-2-4-11;/h5-8,11H,1-4,13H2,(H,14,15);1H. The van der Waals surface area contributed by atoms with Gasteiger partial charge in [0.25, 0.3) is 5.91 Å². The van der Waals surface area contributed by atoms with Gasteiger partial charge in [-0.25, -0.2) is 0 Å². The number of nitrogens with one attached hydrogen (secondary N) is 1. The van der Waals surface area contributed by atoms with Gasteiger partial charge in [0.2, 0.25) is 0 Å². The molecule has 1 saturated carbocycles. The van der Waals surface area contributed by atoms with Gasteiger partial charge in [0.1, 0.15) is 0 Å². The van der Waals surface area contributed by atoms with Gasteiger partial charge in [-0.1, -0.05) is 12.8 Å². The first-order valence-corrected chi connectivity index (χ1v) is 5.42. The first-order valence-electron chi connectivity index (χ1n) is 5.42. The Morgan fingerprint density at radius 3 is 2.31 bits per heavy atom. The highest BCUT2D eigenvalue weighted by Gasteiger charge is 2.17. The van der Waals surface area contributed by atoms with Gasteiger partial charge in [-0.15, -0.1) is 12.4 Å². The normalized spacial score (nSPS) is 15.5. The Balaban J connectivity index is 0.00000128. The van der Waals surface area contributed by atoms with E-state index in [0.29, 0.717) is 17.3 Å². The fraction of sp³-hybridized carbons (Fsp3) is 0.417. The molecule has 1 aliphatic carbocycles. The van der Waals surface area contributed by atoms with Gasteiger partial charge in [0.15, 0.2) is 0 Å². The molecule has 0 atom stereocenters. The zero-order valence-electron chi connectivity index (χ0n) is 9.11. The van der Waals surface area contributed by atoms with Crippen molar-refractivity contribution in [1.29, 1.82) is 0 Å². The second-order valence-electron chi connectivity index (χ2n) is 4.08. The number of nitrogens with two attached hydrogens (primary N) is 1. The molecule has 1 amide bonds. The van der Waals surface area contributed by atoms with E-state index < -0.39 is 0 Å². The predicted molar refractivity (Wildman–Crippen MR) is 67.8 cm³/mol. The summed E-state index contributed by atoms with van der Waals surface area (Å²) >= 11 is 0. The van der Waals surface area contributed by atoms with E-state index >= 15 is 0 Å². The molecule has 3 nitrogen and oxygen atoms in total. The van der Waals surface area contributed by atoms with E-state index in [1.807, 2.05) is 0 Å². The fourth-order valence-corrected chi connectivity index (χ4v) is 1.97. The maximum Gasteiger partial charge on any atom is 0.251 e. The molecule has 0 bridgehead atoms. The summed E-state index contributed by atoms with van der Waals surface area (Å²) in [5.74, 6) is 0.0156. The van der Waals surface area contributed by atoms with E-state index in [1.165, 1.54) is 12.8 Å². The average Bonchev–Trinajstić information content (AvgIpc) is 2.71. The second-order valence-corrected chi connectivity index (χ2v) is 4.08. The summed E-state index contributed by atoms with van der Waals surface area (Å²) < 4.78 is 0. The van der Waals surface area contributed by atoms with Gasteiger partial charge >= 0.3 is 0 Å². The Morgan fingerprint density at radius 1 is 1.19 bits per heavy atom. The smallest absolute Gasteiger partial charge is 0.251 e. The van der Waals surface area contributed by atoms with Crippen LogP contribution in [-0.2, 0) is 0 Å². The molecule has 1 aromatic rings. The van der Waals surface area contributed by atoms with Crippen molar-refractivity contribution in [2.75, 3.05) is 5.73 Å². The Bertz CT molecular complexity index is 345. The molecule has 0 heterocycles. The third-order valence-electron chi connectivity index (χ3n) is 2.86. The summed E-state index contributed by atoms with van der Waals surface area (Å²) in [5.41, 5.74) is 6.94. The summed E-state index contributed by atoms with van der Waals surface area (Å²) in [5, 5.41) is 3.03. The van der Waals surface area contributed by atoms with Crippen LogP contribution < -0.4 is 11.1 Å². The van der Waals surface area contributed by atoms with Crippen LogP contribution in [0.2, 0.25) is 0 Å². The molecule has 0 saturated heterocycles. The number of halogens is 1. The van der Waals surface area contributed by atoms with Crippen LogP contribution in [0.15, 0.2) is 24.3 Å². The van der Waals surface area contributed by atoms with Crippen molar-refractivity contribution in [3.05, 3.63) is 29.8 Å². The molecule has 0 unspecified atom stereocenters. The molecule has 0 spiro atoms. The summed E-state index contributed by atoms with van der Waals surface area (Å²) in [6, 6.07) is 7.40. The van der Waals surface area contributed by atoms with E-state index in [2.05, 4.69) is 5.32 Å². The summed E-state index contributed by atoms with van der Waals surface area (Å²) in [6.07, 6.45) is 4.68. The molecule has 16 heavy (non-hydrogen) atoms. The van der Waals surface area contributed by atoms with E-state index in [0.717, 1.165) is 12.8 Å². The highest BCUT2D eigenvalue weighted by atomic mass is 35.5. The van der Waals surface area contributed by atoms with Crippen molar-refractivity contribution >= 4 is 24.0 Å². The molecule has 1 fully saturated rings. The highest BCUT2D eigenvalue weighted by Crippen LogP contribution is 2.18. The molecule has 0 radical (unpaired) electrons. The number of anilines is 1. The second kappa shape index (κ2) is 5.75. The Kier molecular flexibility index (Phi) is 4.62. The van der Waals surface area contributed by atoms with Gasteiger partial charge in [0.05, 0.1) is 0 Å². The molecule has 0 aromatic heterocycles. The van der Waals surface area contributed by atoms with Crippen molar-refractivity contribution in [3.8, 4) is 0 Å². The van der Waals surface area contributed by atoms with Crippen molar-refractivity contribution in [2.45, 2.75) is 31.7 Å². The van der Waals surface area contributed by atoms with E-state index in [9.17, 15) is 4.79 Å². The highest BCUT2D eigenvalue weighted by molar-refractivity contribution is 5.94. The molecule has 1 aromatic carbocycles. The van der Waals surface area contributed by atoms with Crippen molar-refractivity contribution < 1.29 is 4.79 Å². The third kappa shape index (κ3) is 3.14. The number of hydrogen-bond acceptors (Lipinski definition) is 2. The summed E-state index contributed by atoms with van der Waals surface area (Å²) in [7, 11) is 0. The van der Waals surface area contributed by atoms with Gasteiger partial charge in [-0.3, -0.25) is 4.79 Å². The number of benzene rings is 1. The lowest BCUT2D eigenvalue weighted by molar-refractivity contribution is 0.0938. The zero-order valence-corrected chi connectivity index (χ0v) is 9.93. The minimum atomic E-state index is 0.